The first-order valence-electron chi connectivity index (χ1n) is 7.52. The van der Waals surface area contributed by atoms with E-state index in [1.54, 1.807) is 6.20 Å². The second kappa shape index (κ2) is 7.58. The van der Waals surface area contributed by atoms with Crippen LogP contribution in [0.25, 0.3) is 0 Å². The third-order valence-corrected chi connectivity index (χ3v) is 3.59. The van der Waals surface area contributed by atoms with Crippen molar-refractivity contribution in [2.75, 3.05) is 0 Å². The Morgan fingerprint density at radius 3 is 2.74 bits per heavy atom. The van der Waals surface area contributed by atoms with Crippen LogP contribution in [0.4, 0.5) is 0 Å². The van der Waals surface area contributed by atoms with E-state index in [9.17, 15) is 9.59 Å². The Hall–Kier alpha value is -2.63. The van der Waals surface area contributed by atoms with Crippen LogP contribution in [0.3, 0.4) is 0 Å². The molecule has 0 saturated carbocycles. The van der Waals surface area contributed by atoms with Gasteiger partial charge in [0.1, 0.15) is 11.9 Å². The first-order chi connectivity index (χ1) is 11.0. The van der Waals surface area contributed by atoms with Crippen molar-refractivity contribution in [2.45, 2.75) is 32.2 Å². The molecule has 1 heterocycles. The number of nitrogens with one attached hydrogen (secondary N) is 1. The molecule has 23 heavy (non-hydrogen) atoms. The summed E-state index contributed by atoms with van der Waals surface area (Å²) in [5.74, 6) is -0.333. The van der Waals surface area contributed by atoms with Crippen molar-refractivity contribution in [3.63, 3.8) is 0 Å². The minimum atomic E-state index is -0.892. The molecule has 0 fully saturated rings. The zero-order valence-electron chi connectivity index (χ0n) is 13.3. The predicted molar refractivity (Wildman–Crippen MR) is 85.9 cm³/mol. The normalized spacial score (nSPS) is 11.9. The average molecular weight is 315 g/mol. The highest BCUT2D eigenvalue weighted by Gasteiger charge is 2.20. The Morgan fingerprint density at radius 2 is 2.13 bits per heavy atom. The van der Waals surface area contributed by atoms with Crippen molar-refractivity contribution in [3.8, 4) is 0 Å². The van der Waals surface area contributed by atoms with E-state index in [0.717, 1.165) is 17.0 Å². The van der Waals surface area contributed by atoms with Crippen LogP contribution in [0, 0.1) is 6.92 Å². The van der Waals surface area contributed by atoms with Crippen LogP contribution >= 0.6 is 0 Å². The van der Waals surface area contributed by atoms with Gasteiger partial charge in [-0.15, -0.1) is 0 Å². The second-order valence-corrected chi connectivity index (χ2v) is 5.56. The van der Waals surface area contributed by atoms with Gasteiger partial charge in [-0.05, 0) is 18.9 Å². The van der Waals surface area contributed by atoms with Gasteiger partial charge in [0.25, 0.3) is 0 Å². The molecule has 1 unspecified atom stereocenters. The Kier molecular flexibility index (Phi) is 5.51. The molecule has 1 aromatic carbocycles. The number of imidazole rings is 1. The van der Waals surface area contributed by atoms with E-state index < -0.39 is 5.97 Å². The van der Waals surface area contributed by atoms with E-state index in [-0.39, 0.29) is 24.8 Å². The lowest BCUT2D eigenvalue weighted by atomic mass is 10.0. The summed E-state index contributed by atoms with van der Waals surface area (Å²) >= 11 is 0. The third kappa shape index (κ3) is 4.67. The Bertz CT molecular complexity index is 694. The number of rotatable bonds is 7. The van der Waals surface area contributed by atoms with Crippen LogP contribution in [-0.4, -0.2) is 26.5 Å². The molecule has 122 valence electrons. The average Bonchev–Trinajstić information content (AvgIpc) is 2.90. The summed E-state index contributed by atoms with van der Waals surface area (Å²) in [5, 5.41) is 11.6. The predicted octanol–water partition coefficient (Wildman–Crippen LogP) is 2.19. The molecule has 1 aromatic heterocycles. The number of carbonyl (C=O) groups excluding carboxylic acids is 1. The molecule has 0 saturated heterocycles. The molecule has 1 amide bonds. The van der Waals surface area contributed by atoms with E-state index in [2.05, 4.69) is 10.3 Å². The van der Waals surface area contributed by atoms with Crippen molar-refractivity contribution in [2.24, 2.45) is 7.05 Å². The molecule has 1 atom stereocenters. The van der Waals surface area contributed by atoms with Gasteiger partial charge in [-0.1, -0.05) is 29.8 Å². The molecule has 0 aliphatic rings. The first-order valence-corrected chi connectivity index (χ1v) is 7.52. The van der Waals surface area contributed by atoms with E-state index in [1.807, 2.05) is 49.0 Å². The Morgan fingerprint density at radius 1 is 1.35 bits per heavy atom. The fourth-order valence-corrected chi connectivity index (χ4v) is 2.44. The van der Waals surface area contributed by atoms with Crippen molar-refractivity contribution < 1.29 is 14.7 Å². The molecule has 6 nitrogen and oxygen atoms in total. The molecule has 6 heteroatoms. The molecule has 2 aromatic rings. The van der Waals surface area contributed by atoms with Gasteiger partial charge in [-0.2, -0.15) is 0 Å². The molecule has 2 N–H and O–H groups in total. The highest BCUT2D eigenvalue weighted by atomic mass is 16.4. The van der Waals surface area contributed by atoms with Crippen LogP contribution in [0.15, 0.2) is 36.7 Å². The molecular weight excluding hydrogens is 294 g/mol. The summed E-state index contributed by atoms with van der Waals surface area (Å²) < 4.78 is 1.87. The van der Waals surface area contributed by atoms with Gasteiger partial charge in [-0.3, -0.25) is 9.59 Å². The van der Waals surface area contributed by atoms with Gasteiger partial charge in [0.15, 0.2) is 0 Å². The van der Waals surface area contributed by atoms with E-state index in [1.165, 1.54) is 0 Å². The number of nitrogens with zero attached hydrogens (tertiary/aromatic N) is 2. The number of hydrogen-bond donors (Lipinski definition) is 2. The first kappa shape index (κ1) is 16.7. The molecule has 0 radical (unpaired) electrons. The molecule has 0 aliphatic carbocycles. The largest absolute Gasteiger partial charge is 0.481 e. The van der Waals surface area contributed by atoms with E-state index >= 15 is 0 Å². The minimum absolute atomic E-state index is 0.00899. The number of carboxylic acid groups (broad SMARTS) is 1. The lowest BCUT2D eigenvalue weighted by Gasteiger charge is -2.19. The topological polar surface area (TPSA) is 84.2 Å². The second-order valence-electron chi connectivity index (χ2n) is 5.56. The van der Waals surface area contributed by atoms with Crippen LogP contribution < -0.4 is 5.32 Å². The number of amides is 1. The summed E-state index contributed by atoms with van der Waals surface area (Å²) in [7, 11) is 1.88. The zero-order valence-corrected chi connectivity index (χ0v) is 13.3. The van der Waals surface area contributed by atoms with Gasteiger partial charge in [0, 0.05) is 32.3 Å². The van der Waals surface area contributed by atoms with Crippen molar-refractivity contribution in [1.29, 1.82) is 0 Å². The van der Waals surface area contributed by atoms with Crippen molar-refractivity contribution in [1.82, 2.24) is 14.9 Å². The number of carbonyl (C=O) groups is 2. The lowest BCUT2D eigenvalue weighted by Crippen LogP contribution is -2.31. The zero-order chi connectivity index (χ0) is 16.8. The molecule has 2 rings (SSSR count). The number of aromatic nitrogens is 2. The maximum Gasteiger partial charge on any atom is 0.303 e. The maximum absolute atomic E-state index is 12.2. The fourth-order valence-electron chi connectivity index (χ4n) is 2.44. The molecule has 0 spiro atoms. The molecule has 0 bridgehead atoms. The highest BCUT2D eigenvalue weighted by molar-refractivity contribution is 5.77. The third-order valence-electron chi connectivity index (χ3n) is 3.59. The summed E-state index contributed by atoms with van der Waals surface area (Å²) in [4.78, 5) is 27.0. The monoisotopic (exact) mass is 315 g/mol. The number of aliphatic carboxylic acids is 1. The number of carboxylic acids is 1. The van der Waals surface area contributed by atoms with Crippen molar-refractivity contribution in [3.05, 3.63) is 53.6 Å². The summed E-state index contributed by atoms with van der Waals surface area (Å²) in [6.45, 7) is 1.99. The fraction of sp³-hybridized carbons (Fsp3) is 0.353. The lowest BCUT2D eigenvalue weighted by molar-refractivity contribution is -0.137. The van der Waals surface area contributed by atoms with Gasteiger partial charge in [0.2, 0.25) is 5.91 Å². The minimum Gasteiger partial charge on any atom is -0.481 e. The van der Waals surface area contributed by atoms with Crippen LogP contribution in [0.2, 0.25) is 0 Å². The van der Waals surface area contributed by atoms with E-state index in [4.69, 9.17) is 5.11 Å². The van der Waals surface area contributed by atoms with Crippen molar-refractivity contribution >= 4 is 11.9 Å². The van der Waals surface area contributed by atoms with Gasteiger partial charge in [-0.25, -0.2) is 4.98 Å². The van der Waals surface area contributed by atoms with E-state index in [0.29, 0.717) is 6.42 Å². The number of aryl methyl sites for hydroxylation is 2. The summed E-state index contributed by atoms with van der Waals surface area (Å²) in [5.41, 5.74) is 2.05. The highest BCUT2D eigenvalue weighted by Crippen LogP contribution is 2.21. The Balaban J connectivity index is 2.16. The quantitative estimate of drug-likeness (QED) is 0.820. The summed E-state index contributed by atoms with van der Waals surface area (Å²) in [6, 6.07) is 7.54. The molecular formula is C17H21N3O3. The maximum atomic E-state index is 12.2. The summed E-state index contributed by atoms with van der Waals surface area (Å²) in [6.07, 6.45) is 4.01. The standard InChI is InChI=1S/C17H21N3O3/c1-12-5-3-6-13(11-12)16(17-18-9-10-20(17)2)19-14(21)7-4-8-15(22)23/h3,5-6,9-11,16H,4,7-8H2,1-2H3,(H,19,21)(H,22,23). The smallest absolute Gasteiger partial charge is 0.303 e. The number of hydrogen-bond acceptors (Lipinski definition) is 3. The number of benzene rings is 1. The van der Waals surface area contributed by atoms with Gasteiger partial charge >= 0.3 is 5.97 Å². The SMILES string of the molecule is Cc1cccc(C(NC(=O)CCCC(=O)O)c2nccn2C)c1. The Labute approximate surface area is 135 Å². The van der Waals surface area contributed by atoms with Gasteiger partial charge < -0.3 is 15.0 Å². The van der Waals surface area contributed by atoms with Crippen LogP contribution in [0.5, 0.6) is 0 Å². The van der Waals surface area contributed by atoms with Crippen LogP contribution in [-0.2, 0) is 16.6 Å². The van der Waals surface area contributed by atoms with Crippen LogP contribution in [0.1, 0.15) is 42.3 Å². The van der Waals surface area contributed by atoms with Gasteiger partial charge in [0.05, 0.1) is 0 Å². The molecule has 0 aliphatic heterocycles.